The van der Waals surface area contributed by atoms with Crippen LogP contribution in [-0.4, -0.2) is 53.4 Å². The zero-order valence-electron chi connectivity index (χ0n) is 12.4. The molecule has 3 heterocycles. The van der Waals surface area contributed by atoms with Crippen LogP contribution in [0.25, 0.3) is 0 Å². The summed E-state index contributed by atoms with van der Waals surface area (Å²) in [6.07, 6.45) is 4.80. The normalized spacial score (nSPS) is 20.9. The van der Waals surface area contributed by atoms with Gasteiger partial charge in [0.2, 0.25) is 5.56 Å². The number of hydrogen-bond acceptors (Lipinski definition) is 3. The molecule has 5 nitrogen and oxygen atoms in total. The number of hydrogen-bond donors (Lipinski definition) is 1. The van der Waals surface area contributed by atoms with Crippen molar-refractivity contribution >= 4 is 5.91 Å². The Bertz CT molecular complexity index is 540. The Labute approximate surface area is 124 Å². The van der Waals surface area contributed by atoms with Crippen molar-refractivity contribution in [1.29, 1.82) is 0 Å². The third-order valence-electron chi connectivity index (χ3n) is 4.62. The average Bonchev–Trinajstić information content (AvgIpc) is 3.00. The van der Waals surface area contributed by atoms with Gasteiger partial charge < -0.3 is 14.8 Å². The van der Waals surface area contributed by atoms with Gasteiger partial charge in [-0.3, -0.25) is 9.59 Å². The quantitative estimate of drug-likeness (QED) is 0.913. The second-order valence-electron chi connectivity index (χ2n) is 6.17. The van der Waals surface area contributed by atoms with E-state index in [1.807, 2.05) is 4.90 Å². The summed E-state index contributed by atoms with van der Waals surface area (Å²) >= 11 is 0. The molecule has 2 saturated heterocycles. The smallest absolute Gasteiger partial charge is 0.270 e. The van der Waals surface area contributed by atoms with E-state index in [9.17, 15) is 9.59 Å². The zero-order valence-corrected chi connectivity index (χ0v) is 12.4. The Morgan fingerprint density at radius 1 is 1.14 bits per heavy atom. The molecule has 2 aliphatic rings. The van der Waals surface area contributed by atoms with Crippen molar-refractivity contribution in [2.24, 2.45) is 5.92 Å². The Morgan fingerprint density at radius 3 is 2.52 bits per heavy atom. The fraction of sp³-hybridized carbons (Fsp3) is 0.625. The molecule has 0 spiro atoms. The highest BCUT2D eigenvalue weighted by Gasteiger charge is 2.26. The maximum absolute atomic E-state index is 12.3. The molecule has 1 aromatic rings. The van der Waals surface area contributed by atoms with Crippen LogP contribution >= 0.6 is 0 Å². The predicted octanol–water partition coefficient (Wildman–Crippen LogP) is 1.32. The van der Waals surface area contributed by atoms with Crippen molar-refractivity contribution in [3.8, 4) is 0 Å². The van der Waals surface area contributed by atoms with Gasteiger partial charge in [0.05, 0.1) is 0 Å². The van der Waals surface area contributed by atoms with Crippen molar-refractivity contribution in [3.63, 3.8) is 0 Å². The summed E-state index contributed by atoms with van der Waals surface area (Å²) in [6, 6.07) is 4.74. The summed E-state index contributed by atoms with van der Waals surface area (Å²) in [7, 11) is 0. The second kappa shape index (κ2) is 6.43. The SMILES string of the molecule is O=C(c1cccc(=O)[nH]1)N1CCC(CN2CCCC2)CC1. The molecule has 114 valence electrons. The number of carbonyl (C=O) groups excluding carboxylic acids is 1. The number of nitrogens with zero attached hydrogens (tertiary/aromatic N) is 2. The summed E-state index contributed by atoms with van der Waals surface area (Å²) < 4.78 is 0. The number of carbonyl (C=O) groups is 1. The van der Waals surface area contributed by atoms with Crippen LogP contribution in [0.4, 0.5) is 0 Å². The molecule has 0 unspecified atom stereocenters. The third-order valence-corrected chi connectivity index (χ3v) is 4.62. The van der Waals surface area contributed by atoms with Crippen molar-refractivity contribution in [1.82, 2.24) is 14.8 Å². The molecule has 2 fully saturated rings. The Balaban J connectivity index is 1.53. The van der Waals surface area contributed by atoms with Crippen LogP contribution in [0.1, 0.15) is 36.2 Å². The number of piperidine rings is 1. The molecule has 0 aromatic carbocycles. The van der Waals surface area contributed by atoms with E-state index in [1.165, 1.54) is 38.5 Å². The van der Waals surface area contributed by atoms with E-state index in [1.54, 1.807) is 12.1 Å². The van der Waals surface area contributed by atoms with E-state index in [-0.39, 0.29) is 11.5 Å². The Hall–Kier alpha value is -1.62. The van der Waals surface area contributed by atoms with Gasteiger partial charge in [0.25, 0.3) is 5.91 Å². The van der Waals surface area contributed by atoms with Crippen molar-refractivity contribution < 1.29 is 4.79 Å². The molecular weight excluding hydrogens is 266 g/mol. The van der Waals surface area contributed by atoms with Crippen molar-refractivity contribution in [2.75, 3.05) is 32.7 Å². The maximum atomic E-state index is 12.3. The first-order valence-electron chi connectivity index (χ1n) is 7.93. The number of nitrogens with one attached hydrogen (secondary N) is 1. The van der Waals surface area contributed by atoms with Gasteiger partial charge in [0.1, 0.15) is 5.69 Å². The number of amides is 1. The molecule has 0 aliphatic carbocycles. The molecule has 1 amide bonds. The summed E-state index contributed by atoms with van der Waals surface area (Å²) in [4.78, 5) is 30.7. The van der Waals surface area contributed by atoms with Gasteiger partial charge in [0, 0.05) is 25.7 Å². The number of pyridine rings is 1. The standard InChI is InChI=1S/C16H23N3O2/c20-15-5-3-4-14(17-15)16(21)19-10-6-13(7-11-19)12-18-8-1-2-9-18/h3-5,13H,1-2,6-12H2,(H,17,20). The van der Waals surface area contributed by atoms with E-state index in [4.69, 9.17) is 0 Å². The average molecular weight is 289 g/mol. The Morgan fingerprint density at radius 2 is 1.86 bits per heavy atom. The molecule has 1 N–H and O–H groups in total. The topological polar surface area (TPSA) is 56.4 Å². The molecule has 5 heteroatoms. The number of rotatable bonds is 3. The summed E-state index contributed by atoms with van der Waals surface area (Å²) in [5.41, 5.74) is 0.185. The first kappa shape index (κ1) is 14.3. The highest BCUT2D eigenvalue weighted by atomic mass is 16.2. The first-order chi connectivity index (χ1) is 10.2. The van der Waals surface area contributed by atoms with Crippen LogP contribution in [0.3, 0.4) is 0 Å². The van der Waals surface area contributed by atoms with E-state index >= 15 is 0 Å². The van der Waals surface area contributed by atoms with Crippen molar-refractivity contribution in [3.05, 3.63) is 34.2 Å². The fourth-order valence-corrected chi connectivity index (χ4v) is 3.39. The van der Waals surface area contributed by atoms with Crippen LogP contribution in [0.15, 0.2) is 23.0 Å². The zero-order chi connectivity index (χ0) is 14.7. The second-order valence-corrected chi connectivity index (χ2v) is 6.17. The molecular formula is C16H23N3O2. The largest absolute Gasteiger partial charge is 0.337 e. The number of likely N-dealkylation sites (tertiary alicyclic amines) is 2. The van der Waals surface area contributed by atoms with Crippen LogP contribution in [0.2, 0.25) is 0 Å². The van der Waals surface area contributed by atoms with E-state index in [0.29, 0.717) is 11.6 Å². The number of aromatic nitrogens is 1. The lowest BCUT2D eigenvalue weighted by Gasteiger charge is -2.33. The third kappa shape index (κ3) is 3.53. The van der Waals surface area contributed by atoms with Crippen LogP contribution in [-0.2, 0) is 0 Å². The van der Waals surface area contributed by atoms with E-state index in [2.05, 4.69) is 9.88 Å². The van der Waals surface area contributed by atoms with Crippen LogP contribution in [0.5, 0.6) is 0 Å². The molecule has 3 rings (SSSR count). The lowest BCUT2D eigenvalue weighted by Crippen LogP contribution is -2.41. The van der Waals surface area contributed by atoms with Gasteiger partial charge in [0.15, 0.2) is 0 Å². The van der Waals surface area contributed by atoms with Gasteiger partial charge in [-0.1, -0.05) is 6.07 Å². The lowest BCUT2D eigenvalue weighted by atomic mass is 9.96. The Kier molecular flexibility index (Phi) is 4.39. The highest BCUT2D eigenvalue weighted by molar-refractivity contribution is 5.92. The molecule has 2 aliphatic heterocycles. The fourth-order valence-electron chi connectivity index (χ4n) is 3.39. The van der Waals surface area contributed by atoms with E-state index in [0.717, 1.165) is 25.9 Å². The first-order valence-corrected chi connectivity index (χ1v) is 7.93. The van der Waals surface area contributed by atoms with Gasteiger partial charge in [-0.15, -0.1) is 0 Å². The van der Waals surface area contributed by atoms with E-state index < -0.39 is 0 Å². The highest BCUT2D eigenvalue weighted by Crippen LogP contribution is 2.21. The molecule has 1 aromatic heterocycles. The molecule has 21 heavy (non-hydrogen) atoms. The molecule has 0 saturated carbocycles. The van der Waals surface area contributed by atoms with Crippen LogP contribution in [0, 0.1) is 5.92 Å². The summed E-state index contributed by atoms with van der Waals surface area (Å²) in [5.74, 6) is 0.661. The number of aromatic amines is 1. The van der Waals surface area contributed by atoms with Gasteiger partial charge in [-0.25, -0.2) is 0 Å². The minimum absolute atomic E-state index is 0.0488. The van der Waals surface area contributed by atoms with Gasteiger partial charge >= 0.3 is 0 Å². The minimum Gasteiger partial charge on any atom is -0.337 e. The van der Waals surface area contributed by atoms with Crippen molar-refractivity contribution in [2.45, 2.75) is 25.7 Å². The molecule has 0 bridgehead atoms. The maximum Gasteiger partial charge on any atom is 0.270 e. The monoisotopic (exact) mass is 289 g/mol. The summed E-state index contributed by atoms with van der Waals surface area (Å²) in [6.45, 7) is 5.27. The predicted molar refractivity (Wildman–Crippen MR) is 81.4 cm³/mol. The molecule has 0 radical (unpaired) electrons. The molecule has 0 atom stereocenters. The van der Waals surface area contributed by atoms with Gasteiger partial charge in [-0.2, -0.15) is 0 Å². The van der Waals surface area contributed by atoms with Crippen LogP contribution < -0.4 is 5.56 Å². The number of H-pyrrole nitrogens is 1. The lowest BCUT2D eigenvalue weighted by molar-refractivity contribution is 0.0667. The van der Waals surface area contributed by atoms with Gasteiger partial charge in [-0.05, 0) is 50.8 Å². The minimum atomic E-state index is -0.218. The summed E-state index contributed by atoms with van der Waals surface area (Å²) in [5, 5.41) is 0.